The first-order valence-electron chi connectivity index (χ1n) is 26.2. The minimum absolute atomic E-state index is 0.0732. The van der Waals surface area contributed by atoms with E-state index in [2.05, 4.69) is 32.8 Å². The number of aromatic nitrogens is 2. The van der Waals surface area contributed by atoms with Gasteiger partial charge in [-0.3, -0.25) is 14.5 Å². The van der Waals surface area contributed by atoms with Crippen molar-refractivity contribution >= 4 is 51.8 Å². The van der Waals surface area contributed by atoms with Crippen molar-refractivity contribution in [2.24, 2.45) is 11.7 Å². The number of thiocarbonyl (C=S) groups is 1. The van der Waals surface area contributed by atoms with Crippen molar-refractivity contribution in [1.29, 1.82) is 0 Å². The first-order chi connectivity index (χ1) is 36.5. The van der Waals surface area contributed by atoms with Crippen molar-refractivity contribution in [2.45, 2.75) is 128 Å². The van der Waals surface area contributed by atoms with Crippen LogP contribution in [0.5, 0.6) is 17.2 Å². The van der Waals surface area contributed by atoms with Gasteiger partial charge in [-0.05, 0) is 113 Å². The third-order valence-corrected chi connectivity index (χ3v) is 15.2. The number of nitrogens with one attached hydrogen (secondary N) is 3. The molecule has 21 nitrogen and oxygen atoms in total. The van der Waals surface area contributed by atoms with E-state index in [-0.39, 0.29) is 53.7 Å². The average Bonchev–Trinajstić information content (AvgIpc) is 3.77. The molecule has 0 aliphatic carbocycles. The number of piperazine rings is 1. The lowest BCUT2D eigenvalue weighted by Gasteiger charge is -2.40. The quantitative estimate of drug-likeness (QED) is 0.0419. The predicted octanol–water partition coefficient (Wildman–Crippen LogP) is 3.02. The van der Waals surface area contributed by atoms with Gasteiger partial charge in [0.1, 0.15) is 56.0 Å². The van der Waals surface area contributed by atoms with Crippen LogP contribution in [0.3, 0.4) is 0 Å². The third-order valence-electron chi connectivity index (χ3n) is 15.0. The molecule has 2 aromatic heterocycles. The van der Waals surface area contributed by atoms with Crippen LogP contribution < -0.4 is 41.5 Å². The van der Waals surface area contributed by atoms with Crippen molar-refractivity contribution in [3.63, 3.8) is 0 Å². The Balaban J connectivity index is 0.953. The smallest absolute Gasteiger partial charge is 0.355 e. The maximum Gasteiger partial charge on any atom is 0.355 e. The van der Waals surface area contributed by atoms with Gasteiger partial charge in [0.2, 0.25) is 17.8 Å². The summed E-state index contributed by atoms with van der Waals surface area (Å²) in [6, 6.07) is 10.1. The van der Waals surface area contributed by atoms with Crippen LogP contribution in [0.4, 0.5) is 5.69 Å². The Morgan fingerprint density at radius 3 is 2.37 bits per heavy atom. The Morgan fingerprint density at radius 1 is 0.961 bits per heavy atom. The van der Waals surface area contributed by atoms with Gasteiger partial charge in [0.25, 0.3) is 5.56 Å². The van der Waals surface area contributed by atoms with Crippen LogP contribution in [-0.2, 0) is 58.6 Å². The number of pyridine rings is 2. The van der Waals surface area contributed by atoms with Crippen LogP contribution in [0.1, 0.15) is 82.1 Å². The van der Waals surface area contributed by atoms with E-state index in [1.165, 1.54) is 7.11 Å². The lowest BCUT2D eigenvalue weighted by Crippen LogP contribution is -2.59. The fourth-order valence-electron chi connectivity index (χ4n) is 10.7. The zero-order valence-electron chi connectivity index (χ0n) is 43.9. The molecule has 0 radical (unpaired) electrons. The molecule has 8 atom stereocenters. The largest absolute Gasteiger partial charge is 0.486 e. The van der Waals surface area contributed by atoms with Crippen molar-refractivity contribution < 1.29 is 57.8 Å². The molecule has 1 amide bonds. The number of anilines is 1. The Labute approximate surface area is 446 Å². The summed E-state index contributed by atoms with van der Waals surface area (Å²) in [5, 5.41) is 31.2. The lowest BCUT2D eigenvalue weighted by atomic mass is 9.85. The summed E-state index contributed by atoms with van der Waals surface area (Å²) in [5.74, 6) is -0.771. The summed E-state index contributed by atoms with van der Waals surface area (Å²) in [4.78, 5) is 68.0. The van der Waals surface area contributed by atoms with E-state index in [9.17, 15) is 29.4 Å². The highest BCUT2D eigenvalue weighted by molar-refractivity contribution is 7.80. The Hall–Kier alpha value is -5.98. The number of aliphatic hydroxyl groups excluding tert-OH is 2. The summed E-state index contributed by atoms with van der Waals surface area (Å²) < 4.78 is 42.6. The SMILES string of the molecule is CC[C@@]1(OC(=O)[C@H](CC(C)C)NC(=O)[C@H](CCCCN)NC(=S)Nc2ccc(O[C@H]3O[C@@H](C)[C@@H](O)[C@@H](OC)[C@@H]3O)cc2)C(=O)OCc2c1cc1n(c2=O)Cc2c-1nc1cc3c(cc1c2CN1CCN(C)CC1)OCCO3. The molecule has 410 valence electrons. The zero-order chi connectivity index (χ0) is 54.0. The molecule has 2 aromatic carbocycles. The van der Waals surface area contributed by atoms with E-state index >= 15 is 0 Å². The van der Waals surface area contributed by atoms with Crippen molar-refractivity contribution in [2.75, 3.05) is 65.4 Å². The Bertz CT molecular complexity index is 2880. The molecule has 9 rings (SSSR count). The van der Waals surface area contributed by atoms with E-state index < -0.39 is 66.2 Å². The van der Waals surface area contributed by atoms with Gasteiger partial charge in [-0.15, -0.1) is 0 Å². The molecule has 0 spiro atoms. The fourth-order valence-corrected chi connectivity index (χ4v) is 10.9. The molecule has 22 heteroatoms. The van der Waals surface area contributed by atoms with Crippen molar-refractivity contribution in [3.8, 4) is 28.6 Å². The maximum atomic E-state index is 14.8. The van der Waals surface area contributed by atoms with Crippen LogP contribution in [0.15, 0.2) is 47.3 Å². The number of cyclic esters (lactones) is 1. The highest BCUT2D eigenvalue weighted by atomic mass is 32.1. The third kappa shape index (κ3) is 11.2. The van der Waals surface area contributed by atoms with Crippen LogP contribution in [-0.4, -0.2) is 155 Å². The summed E-state index contributed by atoms with van der Waals surface area (Å²) in [5.41, 5.74) is 8.03. The number of hydrogen-bond acceptors (Lipinski definition) is 18. The molecule has 4 aromatic rings. The second kappa shape index (κ2) is 23.3. The van der Waals surface area contributed by atoms with Gasteiger partial charge >= 0.3 is 11.9 Å². The first kappa shape index (κ1) is 54.8. The topological polar surface area (TPSA) is 260 Å². The van der Waals surface area contributed by atoms with Gasteiger partial charge in [-0.2, -0.15) is 0 Å². The number of fused-ring (bicyclic) bond motifs is 6. The maximum absolute atomic E-state index is 14.8. The molecule has 0 saturated carbocycles. The summed E-state index contributed by atoms with van der Waals surface area (Å²) in [7, 11) is 3.50. The summed E-state index contributed by atoms with van der Waals surface area (Å²) in [6.07, 6.45) is -3.38. The van der Waals surface area contributed by atoms with Crippen LogP contribution >= 0.6 is 12.2 Å². The molecular formula is C54H70N8O13S. The number of rotatable bonds is 18. The van der Waals surface area contributed by atoms with Crippen molar-refractivity contribution in [3.05, 3.63) is 75.1 Å². The van der Waals surface area contributed by atoms with Gasteiger partial charge in [-0.25, -0.2) is 14.6 Å². The monoisotopic (exact) mass is 1070 g/mol. The molecule has 0 unspecified atom stereocenters. The molecule has 2 saturated heterocycles. The van der Waals surface area contributed by atoms with E-state index in [4.69, 9.17) is 56.1 Å². The van der Waals surface area contributed by atoms with Crippen LogP contribution in [0, 0.1) is 5.92 Å². The first-order valence-corrected chi connectivity index (χ1v) is 26.7. The van der Waals surface area contributed by atoms with E-state index in [1.807, 2.05) is 26.0 Å². The van der Waals surface area contributed by atoms with Gasteiger partial charge in [0.15, 0.2) is 16.6 Å². The number of carbonyl (C=O) groups is 3. The number of carbonyl (C=O) groups excluding carboxylic acids is 3. The van der Waals surface area contributed by atoms with Crippen molar-refractivity contribution in [1.82, 2.24) is 30.0 Å². The summed E-state index contributed by atoms with van der Waals surface area (Å²) in [6.45, 7) is 12.5. The number of benzene rings is 2. The minimum atomic E-state index is -2.03. The zero-order valence-corrected chi connectivity index (χ0v) is 44.7. The number of esters is 2. The second-order valence-corrected chi connectivity index (χ2v) is 21.1. The number of amides is 1. The number of nitrogens with zero attached hydrogens (tertiary/aromatic N) is 4. The number of ether oxygens (including phenoxy) is 7. The molecule has 76 heavy (non-hydrogen) atoms. The molecular weight excluding hydrogens is 1000 g/mol. The van der Waals surface area contributed by atoms with Gasteiger partial charge in [-0.1, -0.05) is 20.8 Å². The fraction of sp³-hybridized carbons (Fsp3) is 0.556. The van der Waals surface area contributed by atoms with Gasteiger partial charge < -0.3 is 74.5 Å². The molecule has 7 N–H and O–H groups in total. The number of nitrogens with two attached hydrogens (primary N) is 1. The molecule has 5 aliphatic rings. The Morgan fingerprint density at radius 2 is 1.68 bits per heavy atom. The van der Waals surface area contributed by atoms with Gasteiger partial charge in [0.05, 0.1) is 35.1 Å². The predicted molar refractivity (Wildman–Crippen MR) is 284 cm³/mol. The number of likely N-dealkylation sites (N-methyl/N-ethyl adjacent to an activating group) is 1. The van der Waals surface area contributed by atoms with E-state index in [0.717, 1.165) is 42.7 Å². The normalized spacial score (nSPS) is 23.9. The number of aliphatic hydroxyl groups is 2. The van der Waals surface area contributed by atoms with E-state index in [1.54, 1.807) is 48.7 Å². The summed E-state index contributed by atoms with van der Waals surface area (Å²) >= 11 is 5.69. The van der Waals surface area contributed by atoms with Crippen LogP contribution in [0.2, 0.25) is 0 Å². The second-order valence-electron chi connectivity index (χ2n) is 20.7. The standard InChI is InChI=1S/C54H70N8O13S/c1-7-54(37-24-41-44-35(27-62(41)49(66)36(37)28-72-52(54)68)34(26-61-18-16-60(5)17-19-61)33-23-42-43(25-39(33)57-44)71-21-20-70-42)75-50(67)40(22-29(2)3)58-48(65)38(10-8-9-15-55)59-53(76)56-31-11-13-32(14-12-31)74-51-46(64)47(69-6)45(63)30(4)73-51/h11-14,23-25,29-30,38,40,45-47,51,63-64H,7-10,15-22,26-28,55H2,1-6H3,(H,58,65)(H2,56,59,76)/t30-,38-,40-,45+,46-,47+,51+,54-/m0/s1. The molecule has 0 bridgehead atoms. The van der Waals surface area contributed by atoms with Gasteiger partial charge in [0, 0.05) is 68.1 Å². The molecule has 5 aliphatic heterocycles. The average molecular weight is 1070 g/mol. The highest BCUT2D eigenvalue weighted by Crippen LogP contribution is 2.44. The lowest BCUT2D eigenvalue weighted by molar-refractivity contribution is -0.272. The van der Waals surface area contributed by atoms with Crippen LogP contribution in [0.25, 0.3) is 22.3 Å². The molecule has 7 heterocycles. The molecule has 2 fully saturated rings. The number of hydrogen-bond donors (Lipinski definition) is 6. The number of methoxy groups -OCH3 is 1. The van der Waals surface area contributed by atoms with E-state index in [0.29, 0.717) is 85.4 Å². The number of unbranched alkanes of at least 4 members (excludes halogenated alkanes) is 1. The highest BCUT2D eigenvalue weighted by Gasteiger charge is 2.52. The Kier molecular flexibility index (Phi) is 16.8. The minimum Gasteiger partial charge on any atom is -0.486 e.